The van der Waals surface area contributed by atoms with E-state index in [4.69, 9.17) is 10.5 Å². The molecule has 0 saturated carbocycles. The molecule has 0 bridgehead atoms. The summed E-state index contributed by atoms with van der Waals surface area (Å²) in [6, 6.07) is 2.91. The number of carbonyl (C=O) groups excluding carboxylic acids is 1. The van der Waals surface area contributed by atoms with Crippen LogP contribution in [0.15, 0.2) is 23.1 Å². The Kier molecular flexibility index (Phi) is 4.79. The van der Waals surface area contributed by atoms with Crippen molar-refractivity contribution in [1.29, 1.82) is 0 Å². The molecule has 20 heavy (non-hydrogen) atoms. The number of likely N-dealkylation sites (N-methyl/N-ethyl adjacent to an activating group) is 1. The number of ether oxygens (including phenoxy) is 1. The maximum Gasteiger partial charge on any atom is 0.251 e. The Morgan fingerprint density at radius 3 is 3.00 bits per heavy atom. The minimum absolute atomic E-state index is 0.0183. The molecular formula is C14H21N3O3. The first kappa shape index (κ1) is 14.6. The number of hydrogen-bond donors (Lipinski definition) is 1. The van der Waals surface area contributed by atoms with Gasteiger partial charge in [-0.1, -0.05) is 0 Å². The van der Waals surface area contributed by atoms with E-state index in [1.165, 1.54) is 22.9 Å². The molecule has 0 aliphatic carbocycles. The quantitative estimate of drug-likeness (QED) is 0.849. The third-order valence-electron chi connectivity index (χ3n) is 3.49. The fourth-order valence-corrected chi connectivity index (χ4v) is 2.36. The van der Waals surface area contributed by atoms with Crippen molar-refractivity contribution in [2.24, 2.45) is 0 Å². The molecule has 0 spiro atoms. The summed E-state index contributed by atoms with van der Waals surface area (Å²) in [5.74, 6) is -0.0873. The number of rotatable bonds is 5. The van der Waals surface area contributed by atoms with Crippen molar-refractivity contribution in [2.75, 3.05) is 25.4 Å². The second kappa shape index (κ2) is 6.56. The van der Waals surface area contributed by atoms with Crippen LogP contribution in [-0.4, -0.2) is 41.2 Å². The Labute approximate surface area is 118 Å². The highest BCUT2D eigenvalue weighted by Crippen LogP contribution is 2.13. The lowest BCUT2D eigenvalue weighted by Gasteiger charge is -2.24. The molecule has 1 unspecified atom stereocenters. The Balaban J connectivity index is 2.01. The zero-order valence-corrected chi connectivity index (χ0v) is 11.7. The van der Waals surface area contributed by atoms with Gasteiger partial charge in [-0.25, -0.2) is 0 Å². The van der Waals surface area contributed by atoms with E-state index in [2.05, 4.69) is 0 Å². The van der Waals surface area contributed by atoms with Crippen molar-refractivity contribution in [2.45, 2.75) is 32.4 Å². The van der Waals surface area contributed by atoms with Gasteiger partial charge >= 0.3 is 0 Å². The lowest BCUT2D eigenvalue weighted by Crippen LogP contribution is -2.40. The molecule has 1 aliphatic heterocycles. The molecule has 1 fully saturated rings. The molecule has 1 aromatic rings. The van der Waals surface area contributed by atoms with Crippen LogP contribution in [0.2, 0.25) is 0 Å². The summed E-state index contributed by atoms with van der Waals surface area (Å²) in [5, 5.41) is 0. The van der Waals surface area contributed by atoms with E-state index in [0.717, 1.165) is 19.4 Å². The summed E-state index contributed by atoms with van der Waals surface area (Å²) >= 11 is 0. The van der Waals surface area contributed by atoms with E-state index in [-0.39, 0.29) is 24.1 Å². The van der Waals surface area contributed by atoms with Crippen LogP contribution in [0.4, 0.5) is 5.69 Å². The van der Waals surface area contributed by atoms with Gasteiger partial charge in [0.15, 0.2) is 0 Å². The summed E-state index contributed by atoms with van der Waals surface area (Å²) in [6.45, 7) is 3.91. The summed E-state index contributed by atoms with van der Waals surface area (Å²) in [6.07, 6.45) is 3.66. The molecule has 1 aromatic heterocycles. The van der Waals surface area contributed by atoms with Crippen molar-refractivity contribution in [3.05, 3.63) is 28.7 Å². The number of amides is 1. The predicted octanol–water partition coefficient (Wildman–Crippen LogP) is 0.458. The van der Waals surface area contributed by atoms with Crippen LogP contribution in [0.25, 0.3) is 0 Å². The highest BCUT2D eigenvalue weighted by molar-refractivity contribution is 5.76. The third kappa shape index (κ3) is 3.60. The van der Waals surface area contributed by atoms with Crippen LogP contribution in [0.1, 0.15) is 19.8 Å². The van der Waals surface area contributed by atoms with E-state index in [1.54, 1.807) is 4.90 Å². The van der Waals surface area contributed by atoms with Gasteiger partial charge in [-0.15, -0.1) is 0 Å². The average Bonchev–Trinajstić information content (AvgIpc) is 2.93. The van der Waals surface area contributed by atoms with Crippen LogP contribution in [0, 0.1) is 0 Å². The Bertz CT molecular complexity index is 521. The number of carbonyl (C=O) groups is 1. The molecular weight excluding hydrogens is 258 g/mol. The minimum atomic E-state index is -0.222. The SMILES string of the molecule is CCN(CC1CCCO1)C(=O)Cn1cc(N)ccc1=O. The fraction of sp³-hybridized carbons (Fsp3) is 0.571. The van der Waals surface area contributed by atoms with Crippen LogP contribution in [-0.2, 0) is 16.1 Å². The summed E-state index contributed by atoms with van der Waals surface area (Å²) in [4.78, 5) is 25.7. The second-order valence-electron chi connectivity index (χ2n) is 5.00. The number of aromatic nitrogens is 1. The first-order valence-electron chi connectivity index (χ1n) is 6.95. The minimum Gasteiger partial charge on any atom is -0.398 e. The zero-order valence-electron chi connectivity index (χ0n) is 11.7. The van der Waals surface area contributed by atoms with Crippen LogP contribution < -0.4 is 11.3 Å². The fourth-order valence-electron chi connectivity index (χ4n) is 2.36. The highest BCUT2D eigenvalue weighted by atomic mass is 16.5. The van der Waals surface area contributed by atoms with E-state index in [0.29, 0.717) is 18.8 Å². The molecule has 1 atom stereocenters. The van der Waals surface area contributed by atoms with E-state index < -0.39 is 0 Å². The molecule has 1 amide bonds. The molecule has 0 radical (unpaired) electrons. The van der Waals surface area contributed by atoms with E-state index >= 15 is 0 Å². The van der Waals surface area contributed by atoms with Gasteiger partial charge in [0.1, 0.15) is 6.54 Å². The largest absolute Gasteiger partial charge is 0.398 e. The van der Waals surface area contributed by atoms with E-state index in [9.17, 15) is 9.59 Å². The molecule has 6 heteroatoms. The van der Waals surface area contributed by atoms with Gasteiger partial charge in [0.25, 0.3) is 5.56 Å². The van der Waals surface area contributed by atoms with Crippen molar-refractivity contribution in [3.63, 3.8) is 0 Å². The molecule has 2 rings (SSSR count). The maximum atomic E-state index is 12.3. The summed E-state index contributed by atoms with van der Waals surface area (Å²) in [5.41, 5.74) is 5.89. The predicted molar refractivity (Wildman–Crippen MR) is 76.3 cm³/mol. The van der Waals surface area contributed by atoms with Crippen molar-refractivity contribution < 1.29 is 9.53 Å². The van der Waals surface area contributed by atoms with Gasteiger partial charge in [0, 0.05) is 37.6 Å². The molecule has 110 valence electrons. The number of hydrogen-bond acceptors (Lipinski definition) is 4. The van der Waals surface area contributed by atoms with Gasteiger partial charge in [0.2, 0.25) is 5.91 Å². The summed E-state index contributed by atoms with van der Waals surface area (Å²) in [7, 11) is 0. The second-order valence-corrected chi connectivity index (χ2v) is 5.00. The normalized spacial score (nSPS) is 18.1. The zero-order chi connectivity index (χ0) is 14.5. The third-order valence-corrected chi connectivity index (χ3v) is 3.49. The van der Waals surface area contributed by atoms with Crippen LogP contribution in [0.5, 0.6) is 0 Å². The number of anilines is 1. The van der Waals surface area contributed by atoms with Gasteiger partial charge in [-0.2, -0.15) is 0 Å². The first-order chi connectivity index (χ1) is 9.60. The monoisotopic (exact) mass is 279 g/mol. The summed E-state index contributed by atoms with van der Waals surface area (Å²) < 4.78 is 6.89. The maximum absolute atomic E-state index is 12.3. The van der Waals surface area contributed by atoms with Gasteiger partial charge in [-0.3, -0.25) is 9.59 Å². The molecule has 1 aliphatic rings. The lowest BCUT2D eigenvalue weighted by molar-refractivity contribution is -0.133. The number of nitrogens with zero attached hydrogens (tertiary/aromatic N) is 2. The average molecular weight is 279 g/mol. The lowest BCUT2D eigenvalue weighted by atomic mass is 10.2. The van der Waals surface area contributed by atoms with Gasteiger partial charge in [0.05, 0.1) is 6.10 Å². The molecule has 1 saturated heterocycles. The topological polar surface area (TPSA) is 77.6 Å². The highest BCUT2D eigenvalue weighted by Gasteiger charge is 2.21. The first-order valence-corrected chi connectivity index (χ1v) is 6.95. The van der Waals surface area contributed by atoms with Crippen molar-refractivity contribution in [1.82, 2.24) is 9.47 Å². The molecule has 2 heterocycles. The number of pyridine rings is 1. The standard InChI is InChI=1S/C14H21N3O3/c1-2-16(9-12-4-3-7-20-12)14(19)10-17-8-11(15)5-6-13(17)18/h5-6,8,12H,2-4,7,9-10,15H2,1H3. The van der Waals surface area contributed by atoms with Gasteiger partial charge < -0.3 is 19.9 Å². The molecule has 6 nitrogen and oxygen atoms in total. The van der Waals surface area contributed by atoms with Crippen molar-refractivity contribution >= 4 is 11.6 Å². The number of nitrogens with two attached hydrogens (primary N) is 1. The number of nitrogen functional groups attached to an aromatic ring is 1. The van der Waals surface area contributed by atoms with E-state index in [1.807, 2.05) is 6.92 Å². The Morgan fingerprint density at radius 2 is 2.35 bits per heavy atom. The molecule has 0 aromatic carbocycles. The van der Waals surface area contributed by atoms with Crippen LogP contribution >= 0.6 is 0 Å². The smallest absolute Gasteiger partial charge is 0.251 e. The molecule has 2 N–H and O–H groups in total. The van der Waals surface area contributed by atoms with Gasteiger partial charge in [-0.05, 0) is 25.8 Å². The Morgan fingerprint density at radius 1 is 1.55 bits per heavy atom. The van der Waals surface area contributed by atoms with Crippen molar-refractivity contribution in [3.8, 4) is 0 Å². The van der Waals surface area contributed by atoms with Crippen LogP contribution in [0.3, 0.4) is 0 Å². The Hall–Kier alpha value is -1.82.